The lowest BCUT2D eigenvalue weighted by Crippen LogP contribution is -2.19. The van der Waals surface area contributed by atoms with Crippen molar-refractivity contribution >= 4 is 27.8 Å². The van der Waals surface area contributed by atoms with Crippen molar-refractivity contribution in [2.24, 2.45) is 5.10 Å². The lowest BCUT2D eigenvalue weighted by Gasteiger charge is -2.12. The largest absolute Gasteiger partial charge is 0.495 e. The van der Waals surface area contributed by atoms with Crippen LogP contribution in [-0.2, 0) is 10.0 Å². The predicted molar refractivity (Wildman–Crippen MR) is 167 cm³/mol. The average Bonchev–Trinajstić information content (AvgIpc) is 3.49. The van der Waals surface area contributed by atoms with Gasteiger partial charge in [0, 0.05) is 22.9 Å². The van der Waals surface area contributed by atoms with E-state index in [4.69, 9.17) is 19.3 Å². The highest BCUT2D eigenvalue weighted by Crippen LogP contribution is 2.33. The number of para-hydroxylation sites is 3. The van der Waals surface area contributed by atoms with Gasteiger partial charge in [-0.05, 0) is 60.7 Å². The molecule has 1 heterocycles. The van der Waals surface area contributed by atoms with Crippen molar-refractivity contribution in [3.63, 3.8) is 0 Å². The van der Waals surface area contributed by atoms with E-state index in [2.05, 4.69) is 15.2 Å². The Morgan fingerprint density at radius 3 is 2.30 bits per heavy atom. The first-order valence-electron chi connectivity index (χ1n) is 13.3. The Labute approximate surface area is 254 Å². The Hall–Kier alpha value is -5.62. The average molecular weight is 612 g/mol. The molecule has 5 rings (SSSR count). The SMILES string of the molecule is COc1ccccc1NS(=O)(=O)c1cccc(C(=O)N/N=C/c2cn(-c3ccccc3)nc2-c2ccc(OC)c(OC)c2)c1. The minimum atomic E-state index is -4.01. The summed E-state index contributed by atoms with van der Waals surface area (Å²) < 4.78 is 46.4. The predicted octanol–water partition coefficient (Wildman–Crippen LogP) is 5.13. The van der Waals surface area contributed by atoms with Crippen LogP contribution in [0.3, 0.4) is 0 Å². The van der Waals surface area contributed by atoms with E-state index in [1.807, 2.05) is 36.4 Å². The van der Waals surface area contributed by atoms with E-state index in [-0.39, 0.29) is 16.1 Å². The summed E-state index contributed by atoms with van der Waals surface area (Å²) in [6.45, 7) is 0. The molecule has 0 radical (unpaired) electrons. The summed E-state index contributed by atoms with van der Waals surface area (Å²) in [5, 5.41) is 8.91. The van der Waals surface area contributed by atoms with Crippen LogP contribution in [0.1, 0.15) is 15.9 Å². The molecule has 0 aliphatic carbocycles. The number of rotatable bonds is 11. The normalized spacial score (nSPS) is 11.2. The van der Waals surface area contributed by atoms with Crippen LogP contribution in [0.2, 0.25) is 0 Å². The molecule has 1 amide bonds. The summed E-state index contributed by atoms with van der Waals surface area (Å²) in [5.74, 6) is 0.870. The zero-order chi connectivity index (χ0) is 31.1. The zero-order valence-electron chi connectivity index (χ0n) is 24.1. The number of carbonyl (C=O) groups is 1. The molecule has 0 aliphatic heterocycles. The fourth-order valence-corrected chi connectivity index (χ4v) is 5.48. The van der Waals surface area contributed by atoms with Gasteiger partial charge in [-0.3, -0.25) is 9.52 Å². The number of sulfonamides is 1. The van der Waals surface area contributed by atoms with Gasteiger partial charge in [-0.2, -0.15) is 10.2 Å². The van der Waals surface area contributed by atoms with Crippen LogP contribution in [0, 0.1) is 0 Å². The zero-order valence-corrected chi connectivity index (χ0v) is 24.9. The molecule has 5 aromatic rings. The highest BCUT2D eigenvalue weighted by Gasteiger charge is 2.19. The van der Waals surface area contributed by atoms with Crippen LogP contribution < -0.4 is 24.4 Å². The van der Waals surface area contributed by atoms with Crippen LogP contribution >= 0.6 is 0 Å². The van der Waals surface area contributed by atoms with Crippen molar-refractivity contribution in [1.29, 1.82) is 0 Å². The smallest absolute Gasteiger partial charge is 0.271 e. The Kier molecular flexibility index (Phi) is 8.91. The Balaban J connectivity index is 1.39. The number of carbonyl (C=O) groups excluding carboxylic acids is 1. The van der Waals surface area contributed by atoms with Gasteiger partial charge in [0.1, 0.15) is 11.4 Å². The molecule has 44 heavy (non-hydrogen) atoms. The molecule has 0 spiro atoms. The molecule has 4 aromatic carbocycles. The van der Waals surface area contributed by atoms with Crippen molar-refractivity contribution in [1.82, 2.24) is 15.2 Å². The first-order chi connectivity index (χ1) is 21.3. The van der Waals surface area contributed by atoms with Gasteiger partial charge >= 0.3 is 0 Å². The highest BCUT2D eigenvalue weighted by atomic mass is 32.2. The van der Waals surface area contributed by atoms with E-state index in [0.717, 1.165) is 11.3 Å². The maximum absolute atomic E-state index is 13.1. The van der Waals surface area contributed by atoms with Gasteiger partial charge in [-0.25, -0.2) is 18.5 Å². The van der Waals surface area contributed by atoms with Gasteiger partial charge in [-0.1, -0.05) is 36.4 Å². The summed E-state index contributed by atoms with van der Waals surface area (Å²) in [5.41, 5.74) is 5.62. The number of hydrazone groups is 1. The number of aromatic nitrogens is 2. The van der Waals surface area contributed by atoms with E-state index in [1.165, 1.54) is 37.6 Å². The summed E-state index contributed by atoms with van der Waals surface area (Å²) in [6.07, 6.45) is 3.26. The van der Waals surface area contributed by atoms with Crippen LogP contribution in [-0.4, -0.2) is 51.6 Å². The first-order valence-corrected chi connectivity index (χ1v) is 14.8. The summed E-state index contributed by atoms with van der Waals surface area (Å²) in [6, 6.07) is 27.2. The quantitative estimate of drug-likeness (QED) is 0.156. The fraction of sp³-hybridized carbons (Fsp3) is 0.0938. The second-order valence-electron chi connectivity index (χ2n) is 9.32. The molecule has 0 saturated heterocycles. The molecule has 0 atom stereocenters. The minimum absolute atomic E-state index is 0.0973. The standard InChI is InChI=1S/C32H29N5O6S/c1-41-28-15-8-7-14-27(28)36-44(39,40)26-13-9-10-23(18-26)32(38)34-33-20-24-21-37(25-11-5-4-6-12-25)35-31(24)22-16-17-29(42-2)30(19-22)43-3/h4-21,36H,1-3H3,(H,34,38)/b33-20+. The molecule has 0 bridgehead atoms. The van der Waals surface area contributed by atoms with Gasteiger partial charge in [0.15, 0.2) is 11.5 Å². The molecule has 1 aromatic heterocycles. The van der Waals surface area contributed by atoms with Crippen molar-refractivity contribution in [2.45, 2.75) is 4.90 Å². The lowest BCUT2D eigenvalue weighted by atomic mass is 10.1. The van der Waals surface area contributed by atoms with Crippen LogP contribution in [0.4, 0.5) is 5.69 Å². The van der Waals surface area contributed by atoms with E-state index < -0.39 is 15.9 Å². The van der Waals surface area contributed by atoms with Crippen molar-refractivity contribution in [2.75, 3.05) is 26.1 Å². The monoisotopic (exact) mass is 611 g/mol. The third kappa shape index (κ3) is 6.55. The van der Waals surface area contributed by atoms with Gasteiger partial charge in [0.05, 0.1) is 43.8 Å². The Morgan fingerprint density at radius 1 is 0.818 bits per heavy atom. The van der Waals surface area contributed by atoms with E-state index in [0.29, 0.717) is 28.5 Å². The molecule has 0 unspecified atom stereocenters. The summed E-state index contributed by atoms with van der Waals surface area (Å²) in [7, 11) is 0.544. The molecule has 0 aliphatic rings. The number of anilines is 1. The minimum Gasteiger partial charge on any atom is -0.495 e. The van der Waals surface area contributed by atoms with E-state index in [1.54, 1.807) is 61.5 Å². The molecule has 0 saturated carbocycles. The lowest BCUT2D eigenvalue weighted by molar-refractivity contribution is 0.0955. The Morgan fingerprint density at radius 2 is 1.55 bits per heavy atom. The van der Waals surface area contributed by atoms with E-state index in [9.17, 15) is 13.2 Å². The molecule has 12 heteroatoms. The second-order valence-corrected chi connectivity index (χ2v) is 11.0. The van der Waals surface area contributed by atoms with Gasteiger partial charge in [-0.15, -0.1) is 0 Å². The summed E-state index contributed by atoms with van der Waals surface area (Å²) >= 11 is 0. The number of hydrogen-bond acceptors (Lipinski definition) is 8. The first kappa shape index (κ1) is 29.9. The number of nitrogens with one attached hydrogen (secondary N) is 2. The van der Waals surface area contributed by atoms with E-state index >= 15 is 0 Å². The number of benzene rings is 4. The molecular weight excluding hydrogens is 582 g/mol. The maximum atomic E-state index is 13.1. The van der Waals surface area contributed by atoms with Gasteiger partial charge in [0.25, 0.3) is 15.9 Å². The molecule has 2 N–H and O–H groups in total. The van der Waals surface area contributed by atoms with Gasteiger partial charge < -0.3 is 14.2 Å². The van der Waals surface area contributed by atoms with Crippen molar-refractivity contribution in [3.05, 3.63) is 114 Å². The Bertz CT molecular complexity index is 1920. The van der Waals surface area contributed by atoms with Crippen LogP contribution in [0.25, 0.3) is 16.9 Å². The number of methoxy groups -OCH3 is 3. The molecule has 224 valence electrons. The molecular formula is C32H29N5O6S. The fourth-order valence-electron chi connectivity index (χ4n) is 4.36. The number of nitrogens with zero attached hydrogens (tertiary/aromatic N) is 3. The molecule has 0 fully saturated rings. The topological polar surface area (TPSA) is 133 Å². The number of ether oxygens (including phenoxy) is 3. The summed E-state index contributed by atoms with van der Waals surface area (Å²) in [4.78, 5) is 12.9. The number of amides is 1. The number of hydrogen-bond donors (Lipinski definition) is 2. The van der Waals surface area contributed by atoms with Crippen molar-refractivity contribution < 1.29 is 27.4 Å². The second kappa shape index (κ2) is 13.1. The van der Waals surface area contributed by atoms with Gasteiger partial charge in [0.2, 0.25) is 0 Å². The third-order valence-electron chi connectivity index (χ3n) is 6.55. The van der Waals surface area contributed by atoms with Crippen molar-refractivity contribution in [3.8, 4) is 34.2 Å². The third-order valence-corrected chi connectivity index (χ3v) is 7.91. The maximum Gasteiger partial charge on any atom is 0.271 e. The molecule has 11 nitrogen and oxygen atoms in total. The van der Waals surface area contributed by atoms with Crippen LogP contribution in [0.15, 0.2) is 113 Å². The highest BCUT2D eigenvalue weighted by molar-refractivity contribution is 7.92. The van der Waals surface area contributed by atoms with Crippen LogP contribution in [0.5, 0.6) is 17.2 Å².